The summed E-state index contributed by atoms with van der Waals surface area (Å²) < 4.78 is 7.69. The highest BCUT2D eigenvalue weighted by Crippen LogP contribution is 2.29. The van der Waals surface area contributed by atoms with E-state index in [0.29, 0.717) is 46.8 Å². The third-order valence-electron chi connectivity index (χ3n) is 6.22. The monoisotopic (exact) mass is 488 g/mol. The van der Waals surface area contributed by atoms with Gasteiger partial charge in [0.15, 0.2) is 0 Å². The lowest BCUT2D eigenvalue weighted by atomic mass is 10.0. The summed E-state index contributed by atoms with van der Waals surface area (Å²) in [4.78, 5) is 24.6. The van der Waals surface area contributed by atoms with E-state index in [1.54, 1.807) is 48.6 Å². The molecule has 9 nitrogen and oxygen atoms in total. The van der Waals surface area contributed by atoms with Gasteiger partial charge < -0.3 is 20.1 Å². The van der Waals surface area contributed by atoms with Gasteiger partial charge in [-0.1, -0.05) is 0 Å². The molecule has 0 spiro atoms. The van der Waals surface area contributed by atoms with E-state index < -0.39 is 0 Å². The quantitative estimate of drug-likeness (QED) is 0.346. The number of rotatable bonds is 9. The highest BCUT2D eigenvalue weighted by Gasteiger charge is 2.20. The molecule has 0 radical (unpaired) electrons. The molecule has 36 heavy (non-hydrogen) atoms. The number of likely N-dealkylation sites (N-methyl/N-ethyl adjacent to an activating group) is 1. The number of carbonyl (C=O) groups excluding carboxylic acids is 1. The predicted octanol–water partition coefficient (Wildman–Crippen LogP) is 3.71. The maximum absolute atomic E-state index is 13.7. The molecule has 0 bridgehead atoms. The Kier molecular flexibility index (Phi) is 7.49. The van der Waals surface area contributed by atoms with Gasteiger partial charge in [-0.05, 0) is 63.7 Å². The number of nitrogens with zero attached hydrogens (tertiary/aromatic N) is 5. The number of ether oxygens (including phenoxy) is 1. The normalized spacial score (nSPS) is 11.1. The third kappa shape index (κ3) is 5.16. The number of fused-ring (bicyclic) bond motifs is 1. The highest BCUT2D eigenvalue weighted by molar-refractivity contribution is 6.07. The first-order valence-electron chi connectivity index (χ1n) is 12.0. The van der Waals surface area contributed by atoms with Gasteiger partial charge in [0.05, 0.1) is 34.9 Å². The fraction of sp³-hybridized carbons (Fsp3) is 0.333. The minimum absolute atomic E-state index is 0.0749. The van der Waals surface area contributed by atoms with Crippen LogP contribution in [0.25, 0.3) is 22.3 Å². The van der Waals surface area contributed by atoms with E-state index in [9.17, 15) is 9.90 Å². The molecule has 0 aliphatic heterocycles. The lowest BCUT2D eigenvalue weighted by Crippen LogP contribution is -2.26. The number of phenols is 1. The molecule has 4 rings (SSSR count). The van der Waals surface area contributed by atoms with Crippen LogP contribution in [0.1, 0.15) is 34.1 Å². The van der Waals surface area contributed by atoms with Crippen molar-refractivity contribution < 1.29 is 14.6 Å². The van der Waals surface area contributed by atoms with E-state index in [1.165, 1.54) is 0 Å². The Morgan fingerprint density at radius 1 is 1.17 bits per heavy atom. The first kappa shape index (κ1) is 25.1. The number of hydrogen-bond acceptors (Lipinski definition) is 7. The van der Waals surface area contributed by atoms with Gasteiger partial charge in [0.25, 0.3) is 5.91 Å². The van der Waals surface area contributed by atoms with Crippen LogP contribution in [0.3, 0.4) is 0 Å². The van der Waals surface area contributed by atoms with Crippen LogP contribution in [-0.2, 0) is 13.1 Å². The molecule has 1 amide bonds. The van der Waals surface area contributed by atoms with Crippen molar-refractivity contribution in [3.63, 3.8) is 0 Å². The van der Waals surface area contributed by atoms with Gasteiger partial charge in [-0.3, -0.25) is 14.5 Å². The lowest BCUT2D eigenvalue weighted by molar-refractivity contribution is 0.0787. The average Bonchev–Trinajstić information content (AvgIpc) is 3.22. The molecule has 188 valence electrons. The zero-order valence-electron chi connectivity index (χ0n) is 21.4. The zero-order valence-corrected chi connectivity index (χ0v) is 21.4. The average molecular weight is 489 g/mol. The molecule has 0 fully saturated rings. The number of carbonyl (C=O) groups is 1. The number of pyridine rings is 2. The summed E-state index contributed by atoms with van der Waals surface area (Å²) in [5.74, 6) is 0.603. The summed E-state index contributed by atoms with van der Waals surface area (Å²) in [5.41, 5.74) is 5.21. The van der Waals surface area contributed by atoms with Crippen LogP contribution in [0.5, 0.6) is 11.5 Å². The molecule has 3 heterocycles. The molecule has 0 aliphatic rings. The molecule has 0 unspecified atom stereocenters. The van der Waals surface area contributed by atoms with Crippen molar-refractivity contribution in [2.45, 2.75) is 33.9 Å². The number of phenolic OH excluding ortho intramolecular Hbond substituents is 1. The topological polar surface area (TPSA) is 105 Å². The lowest BCUT2D eigenvalue weighted by Gasteiger charge is -2.19. The van der Waals surface area contributed by atoms with Gasteiger partial charge in [0.1, 0.15) is 18.1 Å². The molecule has 0 saturated heterocycles. The summed E-state index contributed by atoms with van der Waals surface area (Å²) in [6, 6.07) is 8.50. The summed E-state index contributed by atoms with van der Waals surface area (Å²) in [7, 11) is 3.64. The Balaban J connectivity index is 1.71. The molecule has 1 aromatic carbocycles. The van der Waals surface area contributed by atoms with E-state index in [1.807, 2.05) is 38.6 Å². The molecule has 2 N–H and O–H groups in total. The number of aromatic hydroxyl groups is 1. The molecule has 9 heteroatoms. The number of amides is 1. The van der Waals surface area contributed by atoms with Crippen molar-refractivity contribution in [2.24, 2.45) is 0 Å². The highest BCUT2D eigenvalue weighted by atomic mass is 16.5. The van der Waals surface area contributed by atoms with Crippen LogP contribution >= 0.6 is 0 Å². The molecule has 0 atom stereocenters. The van der Waals surface area contributed by atoms with Crippen molar-refractivity contribution in [3.05, 3.63) is 65.1 Å². The van der Waals surface area contributed by atoms with Crippen molar-refractivity contribution in [1.82, 2.24) is 30.0 Å². The Bertz CT molecular complexity index is 1400. The Labute approximate surface area is 210 Å². The molecular formula is C27H32N6O3. The second-order valence-corrected chi connectivity index (χ2v) is 8.78. The summed E-state index contributed by atoms with van der Waals surface area (Å²) >= 11 is 0. The molecule has 0 saturated carbocycles. The van der Waals surface area contributed by atoms with Crippen LogP contribution < -0.4 is 10.1 Å². The van der Waals surface area contributed by atoms with E-state index >= 15 is 0 Å². The maximum Gasteiger partial charge on any atom is 0.254 e. The van der Waals surface area contributed by atoms with Gasteiger partial charge in [0, 0.05) is 43.3 Å². The van der Waals surface area contributed by atoms with Crippen LogP contribution in [0.4, 0.5) is 0 Å². The second-order valence-electron chi connectivity index (χ2n) is 8.78. The summed E-state index contributed by atoms with van der Waals surface area (Å²) in [6.07, 6.45) is 3.49. The Hall–Kier alpha value is -3.98. The number of nitrogens with one attached hydrogen (secondary N) is 1. The fourth-order valence-electron chi connectivity index (χ4n) is 4.11. The molecule has 0 aliphatic carbocycles. The number of hydrogen-bond donors (Lipinski definition) is 2. The summed E-state index contributed by atoms with van der Waals surface area (Å²) in [5, 5.41) is 18.1. The van der Waals surface area contributed by atoms with E-state index in [2.05, 4.69) is 15.4 Å². The second kappa shape index (κ2) is 10.7. The van der Waals surface area contributed by atoms with Crippen molar-refractivity contribution in [2.75, 3.05) is 27.2 Å². The van der Waals surface area contributed by atoms with Crippen LogP contribution in [0.15, 0.2) is 42.7 Å². The zero-order chi connectivity index (χ0) is 25.8. The minimum Gasteiger partial charge on any atom is -0.508 e. The molecule has 4 aromatic rings. The third-order valence-corrected chi connectivity index (χ3v) is 6.22. The van der Waals surface area contributed by atoms with E-state index in [-0.39, 0.29) is 11.7 Å². The van der Waals surface area contributed by atoms with Crippen molar-refractivity contribution >= 4 is 16.8 Å². The van der Waals surface area contributed by atoms with Crippen LogP contribution in [-0.4, -0.2) is 62.9 Å². The summed E-state index contributed by atoms with van der Waals surface area (Å²) in [6.45, 7) is 8.45. The smallest absolute Gasteiger partial charge is 0.254 e. The minimum atomic E-state index is -0.179. The van der Waals surface area contributed by atoms with Gasteiger partial charge in [-0.2, -0.15) is 5.10 Å². The van der Waals surface area contributed by atoms with Gasteiger partial charge >= 0.3 is 0 Å². The van der Waals surface area contributed by atoms with Crippen molar-refractivity contribution in [1.29, 1.82) is 0 Å². The van der Waals surface area contributed by atoms with Crippen LogP contribution in [0.2, 0.25) is 0 Å². The Morgan fingerprint density at radius 3 is 2.67 bits per heavy atom. The van der Waals surface area contributed by atoms with Crippen molar-refractivity contribution in [3.8, 4) is 22.9 Å². The maximum atomic E-state index is 13.7. The van der Waals surface area contributed by atoms with Gasteiger partial charge in [-0.15, -0.1) is 0 Å². The largest absolute Gasteiger partial charge is 0.508 e. The van der Waals surface area contributed by atoms with Gasteiger partial charge in [-0.25, -0.2) is 4.98 Å². The number of benzene rings is 1. The van der Waals surface area contributed by atoms with Crippen LogP contribution in [0, 0.1) is 13.8 Å². The van der Waals surface area contributed by atoms with E-state index in [0.717, 1.165) is 29.9 Å². The van der Waals surface area contributed by atoms with E-state index in [4.69, 9.17) is 9.72 Å². The Morgan fingerprint density at radius 2 is 1.97 bits per heavy atom. The first-order valence-corrected chi connectivity index (χ1v) is 12.0. The van der Waals surface area contributed by atoms with Gasteiger partial charge in [0.2, 0.25) is 0 Å². The number of aryl methyl sites for hydroxylation is 2. The number of aromatic nitrogens is 4. The SMILES string of the molecule is CCn1ncc(CN(C)C(=O)c2cc(-c3cc(C)c(OCCNC)cn3)nc3ccc(O)cc23)c1C. The molecular weight excluding hydrogens is 456 g/mol. The molecule has 3 aromatic heterocycles. The predicted molar refractivity (Wildman–Crippen MR) is 139 cm³/mol. The first-order chi connectivity index (χ1) is 17.3. The fourth-order valence-corrected chi connectivity index (χ4v) is 4.11. The standard InChI is InChI=1S/C27H32N6O3/c1-6-33-18(3)19(14-30-33)16-32(5)27(35)22-13-25(31-23-8-7-20(34)12-21(22)23)24-11-17(2)26(15-29-24)36-10-9-28-4/h7-8,11-15,28,34H,6,9-10,16H2,1-5H3.